The van der Waals surface area contributed by atoms with Gasteiger partial charge >= 0.3 is 5.97 Å². The Hall–Kier alpha value is -3.19. The third-order valence-corrected chi connectivity index (χ3v) is 4.99. The number of thiazole rings is 1. The Morgan fingerprint density at radius 3 is 2.81 bits per heavy atom. The van der Waals surface area contributed by atoms with Crippen LogP contribution in [-0.2, 0) is 4.74 Å². The van der Waals surface area contributed by atoms with E-state index >= 15 is 0 Å². The number of hydrogen-bond acceptors (Lipinski definition) is 6. The van der Waals surface area contributed by atoms with E-state index in [1.807, 2.05) is 54.0 Å². The molecule has 3 aromatic heterocycles. The Labute approximate surface area is 160 Å². The minimum Gasteiger partial charge on any atom is -0.462 e. The van der Waals surface area contributed by atoms with Crippen molar-refractivity contribution in [2.45, 2.75) is 13.8 Å². The molecule has 0 saturated heterocycles. The summed E-state index contributed by atoms with van der Waals surface area (Å²) < 4.78 is 7.03. The van der Waals surface area contributed by atoms with Crippen LogP contribution in [0.5, 0.6) is 0 Å². The van der Waals surface area contributed by atoms with Crippen LogP contribution in [0, 0.1) is 6.92 Å². The van der Waals surface area contributed by atoms with E-state index in [1.54, 1.807) is 30.4 Å². The van der Waals surface area contributed by atoms with Gasteiger partial charge < -0.3 is 10.1 Å². The molecule has 136 valence electrons. The van der Waals surface area contributed by atoms with Crippen LogP contribution >= 0.6 is 11.3 Å². The summed E-state index contributed by atoms with van der Waals surface area (Å²) in [6.07, 6.45) is 3.83. The van der Waals surface area contributed by atoms with Crippen molar-refractivity contribution in [1.82, 2.24) is 14.4 Å². The molecule has 1 N–H and O–H groups in total. The number of imidazole rings is 1. The van der Waals surface area contributed by atoms with Gasteiger partial charge in [0, 0.05) is 16.8 Å². The Morgan fingerprint density at radius 1 is 1.22 bits per heavy atom. The Bertz CT molecular complexity index is 1100. The number of aryl methyl sites for hydroxylation is 1. The van der Waals surface area contributed by atoms with E-state index in [2.05, 4.69) is 10.3 Å². The molecule has 0 amide bonds. The van der Waals surface area contributed by atoms with E-state index in [0.717, 1.165) is 32.7 Å². The van der Waals surface area contributed by atoms with Crippen LogP contribution in [0.15, 0.2) is 54.9 Å². The van der Waals surface area contributed by atoms with Gasteiger partial charge in [0.25, 0.3) is 0 Å². The highest BCUT2D eigenvalue weighted by Crippen LogP contribution is 2.32. The first-order valence-corrected chi connectivity index (χ1v) is 9.41. The molecule has 0 aliphatic heterocycles. The molecule has 1 aromatic carbocycles. The molecule has 4 aromatic rings. The van der Waals surface area contributed by atoms with E-state index in [0.29, 0.717) is 12.2 Å². The van der Waals surface area contributed by atoms with Gasteiger partial charge in [-0.15, -0.1) is 11.3 Å². The second kappa shape index (κ2) is 7.20. The number of fused-ring (bicyclic) bond motifs is 1. The van der Waals surface area contributed by atoms with Crippen LogP contribution < -0.4 is 5.32 Å². The lowest BCUT2D eigenvalue weighted by molar-refractivity contribution is 0.0526. The van der Waals surface area contributed by atoms with Crippen LogP contribution in [0.1, 0.15) is 22.2 Å². The number of pyridine rings is 1. The first kappa shape index (κ1) is 17.2. The molecular weight excluding hydrogens is 360 g/mol. The standard InChI is InChI=1S/C20H18N4O2S/c1-3-26-19(25)14-7-9-15(10-8-14)22-20-23-18(13(2)27-20)16-12-21-17-6-4-5-11-24(16)17/h4-12H,3H2,1-2H3,(H,22,23). The van der Waals surface area contributed by atoms with Crippen molar-refractivity contribution in [2.24, 2.45) is 0 Å². The number of aromatic nitrogens is 3. The van der Waals surface area contributed by atoms with Crippen LogP contribution in [0.3, 0.4) is 0 Å². The fourth-order valence-electron chi connectivity index (χ4n) is 2.82. The van der Waals surface area contributed by atoms with Crippen LogP contribution in [0.4, 0.5) is 10.8 Å². The molecule has 27 heavy (non-hydrogen) atoms. The lowest BCUT2D eigenvalue weighted by Crippen LogP contribution is -2.04. The van der Waals surface area contributed by atoms with E-state index in [-0.39, 0.29) is 5.97 Å². The normalized spacial score (nSPS) is 10.9. The largest absolute Gasteiger partial charge is 0.462 e. The number of esters is 1. The van der Waals surface area contributed by atoms with Crippen LogP contribution in [0.25, 0.3) is 17.0 Å². The zero-order valence-corrected chi connectivity index (χ0v) is 15.8. The number of anilines is 2. The monoisotopic (exact) mass is 378 g/mol. The number of benzene rings is 1. The van der Waals surface area contributed by atoms with Gasteiger partial charge in [-0.25, -0.2) is 14.8 Å². The quantitative estimate of drug-likeness (QED) is 0.510. The van der Waals surface area contributed by atoms with E-state index < -0.39 is 0 Å². The first-order chi connectivity index (χ1) is 13.2. The van der Waals surface area contributed by atoms with Crippen molar-refractivity contribution in [3.8, 4) is 11.4 Å². The number of carbonyl (C=O) groups is 1. The topological polar surface area (TPSA) is 68.5 Å². The van der Waals surface area contributed by atoms with Crippen molar-refractivity contribution >= 4 is 33.8 Å². The van der Waals surface area contributed by atoms with Gasteiger partial charge in [0.15, 0.2) is 5.13 Å². The summed E-state index contributed by atoms with van der Waals surface area (Å²) in [6, 6.07) is 13.1. The molecule has 4 rings (SSSR count). The third-order valence-electron chi connectivity index (χ3n) is 4.10. The zero-order chi connectivity index (χ0) is 18.8. The molecule has 0 aliphatic carbocycles. The molecule has 0 saturated carbocycles. The molecular formula is C20H18N4O2S. The molecule has 6 nitrogen and oxygen atoms in total. The predicted octanol–water partition coefficient (Wildman–Crippen LogP) is 4.69. The summed E-state index contributed by atoms with van der Waals surface area (Å²) in [7, 11) is 0. The van der Waals surface area contributed by atoms with Gasteiger partial charge in [-0.05, 0) is 50.2 Å². The van der Waals surface area contributed by atoms with Crippen LogP contribution in [-0.4, -0.2) is 26.9 Å². The summed E-state index contributed by atoms with van der Waals surface area (Å²) in [5.74, 6) is -0.316. The third kappa shape index (κ3) is 3.41. The molecule has 0 spiro atoms. The highest BCUT2D eigenvalue weighted by Gasteiger charge is 2.14. The maximum atomic E-state index is 11.7. The second-order valence-corrected chi connectivity index (χ2v) is 7.12. The Kier molecular flexibility index (Phi) is 4.60. The molecule has 0 unspecified atom stereocenters. The second-order valence-electron chi connectivity index (χ2n) is 5.92. The van der Waals surface area contributed by atoms with Gasteiger partial charge in [-0.1, -0.05) is 6.07 Å². The smallest absolute Gasteiger partial charge is 0.338 e. The number of ether oxygens (including phenoxy) is 1. The average molecular weight is 378 g/mol. The Balaban J connectivity index is 1.58. The summed E-state index contributed by atoms with van der Waals surface area (Å²) in [5.41, 5.74) is 4.16. The summed E-state index contributed by atoms with van der Waals surface area (Å²) in [5, 5.41) is 4.09. The Morgan fingerprint density at radius 2 is 2.04 bits per heavy atom. The zero-order valence-electron chi connectivity index (χ0n) is 15.0. The number of carbonyl (C=O) groups excluding carboxylic acids is 1. The molecule has 3 heterocycles. The number of nitrogens with one attached hydrogen (secondary N) is 1. The van der Waals surface area contributed by atoms with E-state index in [4.69, 9.17) is 9.72 Å². The molecule has 0 fully saturated rings. The van der Waals surface area contributed by atoms with Crippen molar-refractivity contribution in [3.63, 3.8) is 0 Å². The van der Waals surface area contributed by atoms with E-state index in [9.17, 15) is 4.79 Å². The average Bonchev–Trinajstić information content (AvgIpc) is 3.25. The van der Waals surface area contributed by atoms with E-state index in [1.165, 1.54) is 0 Å². The van der Waals surface area contributed by atoms with Gasteiger partial charge in [0.2, 0.25) is 0 Å². The summed E-state index contributed by atoms with van der Waals surface area (Å²) in [6.45, 7) is 4.20. The highest BCUT2D eigenvalue weighted by molar-refractivity contribution is 7.16. The lowest BCUT2D eigenvalue weighted by Gasteiger charge is -2.04. The number of nitrogens with zero attached hydrogens (tertiary/aromatic N) is 3. The van der Waals surface area contributed by atoms with Crippen LogP contribution in [0.2, 0.25) is 0 Å². The highest BCUT2D eigenvalue weighted by atomic mass is 32.1. The minimum atomic E-state index is -0.316. The summed E-state index contributed by atoms with van der Waals surface area (Å²) >= 11 is 1.58. The molecule has 0 aliphatic rings. The van der Waals surface area contributed by atoms with Gasteiger partial charge in [-0.3, -0.25) is 4.40 Å². The fourth-order valence-corrected chi connectivity index (χ4v) is 3.67. The number of hydrogen-bond donors (Lipinski definition) is 1. The molecule has 0 radical (unpaired) electrons. The van der Waals surface area contributed by atoms with Crippen molar-refractivity contribution in [2.75, 3.05) is 11.9 Å². The van der Waals surface area contributed by atoms with Crippen molar-refractivity contribution in [3.05, 3.63) is 65.3 Å². The predicted molar refractivity (Wildman–Crippen MR) is 107 cm³/mol. The van der Waals surface area contributed by atoms with Gasteiger partial charge in [-0.2, -0.15) is 0 Å². The minimum absolute atomic E-state index is 0.316. The number of rotatable bonds is 5. The lowest BCUT2D eigenvalue weighted by atomic mass is 10.2. The molecule has 7 heteroatoms. The maximum Gasteiger partial charge on any atom is 0.338 e. The van der Waals surface area contributed by atoms with Gasteiger partial charge in [0.05, 0.1) is 24.1 Å². The summed E-state index contributed by atoms with van der Waals surface area (Å²) in [4.78, 5) is 22.0. The van der Waals surface area contributed by atoms with Gasteiger partial charge in [0.1, 0.15) is 11.3 Å². The van der Waals surface area contributed by atoms with Crippen molar-refractivity contribution < 1.29 is 9.53 Å². The van der Waals surface area contributed by atoms with Crippen molar-refractivity contribution in [1.29, 1.82) is 0 Å². The first-order valence-electron chi connectivity index (χ1n) is 8.60. The molecule has 0 bridgehead atoms. The molecule has 0 atom stereocenters. The fraction of sp³-hybridized carbons (Fsp3) is 0.150. The SMILES string of the molecule is CCOC(=O)c1ccc(Nc2nc(-c3cnc4ccccn34)c(C)s2)cc1. The maximum absolute atomic E-state index is 11.7.